The smallest absolute Gasteiger partial charge is 0.286 e. The van der Waals surface area contributed by atoms with Crippen LogP contribution in [0.15, 0.2) is 30.3 Å². The lowest BCUT2D eigenvalue weighted by Gasteiger charge is -2.18. The second-order valence-corrected chi connectivity index (χ2v) is 6.87. The molecule has 0 bridgehead atoms. The van der Waals surface area contributed by atoms with Crippen LogP contribution in [0.2, 0.25) is 0 Å². The second-order valence-electron chi connectivity index (χ2n) is 5.64. The number of hydrogen-bond donors (Lipinski definition) is 1. The van der Waals surface area contributed by atoms with Crippen LogP contribution in [0, 0.1) is 17.0 Å². The van der Waals surface area contributed by atoms with Crippen LogP contribution in [0.25, 0.3) is 10.2 Å². The van der Waals surface area contributed by atoms with Crippen LogP contribution < -0.4 is 14.8 Å². The Morgan fingerprint density at radius 2 is 1.96 bits per heavy atom. The Morgan fingerprint density at radius 1 is 1.23 bits per heavy atom. The van der Waals surface area contributed by atoms with Gasteiger partial charge in [-0.25, -0.2) is 4.98 Å². The number of amides is 1. The molecule has 8 nitrogen and oxygen atoms in total. The van der Waals surface area contributed by atoms with Crippen LogP contribution >= 0.6 is 11.3 Å². The third-order valence-electron chi connectivity index (χ3n) is 3.86. The number of aryl methyl sites for hydroxylation is 1. The Kier molecular flexibility index (Phi) is 3.92. The number of anilines is 1. The van der Waals surface area contributed by atoms with Gasteiger partial charge in [-0.3, -0.25) is 14.9 Å². The van der Waals surface area contributed by atoms with Gasteiger partial charge in [0.25, 0.3) is 11.6 Å². The fourth-order valence-electron chi connectivity index (χ4n) is 2.73. The average molecular weight is 371 g/mol. The lowest BCUT2D eigenvalue weighted by molar-refractivity contribution is -0.385. The van der Waals surface area contributed by atoms with Gasteiger partial charge in [-0.2, -0.15) is 0 Å². The van der Waals surface area contributed by atoms with Gasteiger partial charge in [-0.05, 0) is 25.1 Å². The van der Waals surface area contributed by atoms with Gasteiger partial charge >= 0.3 is 0 Å². The molecule has 0 atom stereocenters. The molecule has 132 valence electrons. The molecular formula is C17H13N3O5S. The quantitative estimate of drug-likeness (QED) is 0.558. The number of fused-ring (bicyclic) bond motifs is 2. The molecule has 3 aromatic rings. The van der Waals surface area contributed by atoms with Crippen LogP contribution in [0.5, 0.6) is 11.5 Å². The number of nitrogens with zero attached hydrogens (tertiary/aromatic N) is 2. The average Bonchev–Trinajstić information content (AvgIpc) is 2.99. The first-order valence-corrected chi connectivity index (χ1v) is 8.59. The predicted octanol–water partition coefficient (Wildman–Crippen LogP) is 3.54. The van der Waals surface area contributed by atoms with Crippen LogP contribution in [-0.4, -0.2) is 29.0 Å². The van der Waals surface area contributed by atoms with E-state index in [1.54, 1.807) is 18.2 Å². The molecule has 26 heavy (non-hydrogen) atoms. The monoisotopic (exact) mass is 371 g/mol. The number of aromatic nitrogens is 1. The van der Waals surface area contributed by atoms with Gasteiger partial charge in [0, 0.05) is 11.8 Å². The predicted molar refractivity (Wildman–Crippen MR) is 96.4 cm³/mol. The number of nitrogens with one attached hydrogen (secondary N) is 1. The fourth-order valence-corrected chi connectivity index (χ4v) is 3.59. The van der Waals surface area contributed by atoms with E-state index in [1.165, 1.54) is 23.5 Å². The van der Waals surface area contributed by atoms with Crippen LogP contribution in [0.3, 0.4) is 0 Å². The topological polar surface area (TPSA) is 104 Å². The zero-order valence-electron chi connectivity index (χ0n) is 13.6. The van der Waals surface area contributed by atoms with Gasteiger partial charge in [-0.1, -0.05) is 0 Å². The first-order chi connectivity index (χ1) is 12.5. The summed E-state index contributed by atoms with van der Waals surface area (Å²) in [4.78, 5) is 27.8. The number of benzene rings is 2. The van der Waals surface area contributed by atoms with E-state index < -0.39 is 10.8 Å². The minimum Gasteiger partial charge on any atom is -0.486 e. The molecule has 0 spiro atoms. The number of carbonyl (C=O) groups is 1. The molecule has 2 aromatic carbocycles. The highest BCUT2D eigenvalue weighted by Crippen LogP contribution is 2.37. The number of hydrogen-bond acceptors (Lipinski definition) is 7. The highest BCUT2D eigenvalue weighted by Gasteiger charge is 2.26. The summed E-state index contributed by atoms with van der Waals surface area (Å²) in [5, 5.41) is 15.0. The van der Waals surface area contributed by atoms with Crippen molar-refractivity contribution >= 4 is 38.8 Å². The molecule has 2 heterocycles. The molecule has 1 N–H and O–H groups in total. The third kappa shape index (κ3) is 2.93. The van der Waals surface area contributed by atoms with Gasteiger partial charge in [0.1, 0.15) is 18.8 Å². The van der Waals surface area contributed by atoms with Crippen molar-refractivity contribution in [1.82, 2.24) is 4.98 Å². The Morgan fingerprint density at radius 3 is 2.69 bits per heavy atom. The van der Waals surface area contributed by atoms with Gasteiger partial charge < -0.3 is 14.8 Å². The van der Waals surface area contributed by atoms with E-state index in [9.17, 15) is 14.9 Å². The molecule has 0 aliphatic carbocycles. The molecule has 0 saturated heterocycles. The first-order valence-electron chi connectivity index (χ1n) is 7.78. The fraction of sp³-hybridized carbons (Fsp3) is 0.176. The number of nitro benzene ring substituents is 1. The first kappa shape index (κ1) is 16.3. The van der Waals surface area contributed by atoms with Crippen molar-refractivity contribution in [3.63, 3.8) is 0 Å². The molecular weight excluding hydrogens is 358 g/mol. The summed E-state index contributed by atoms with van der Waals surface area (Å²) in [6, 6.07) is 7.87. The Balaban J connectivity index is 1.69. The summed E-state index contributed by atoms with van der Waals surface area (Å²) < 4.78 is 11.7. The highest BCUT2D eigenvalue weighted by atomic mass is 32.1. The molecule has 1 aromatic heterocycles. The van der Waals surface area contributed by atoms with E-state index in [0.29, 0.717) is 24.7 Å². The van der Waals surface area contributed by atoms with Crippen LogP contribution in [0.1, 0.15) is 15.4 Å². The van der Waals surface area contributed by atoms with Crippen molar-refractivity contribution < 1.29 is 19.2 Å². The van der Waals surface area contributed by atoms with E-state index in [4.69, 9.17) is 9.47 Å². The SMILES string of the molecule is Cc1nc2ccc(NC(=O)c3cc4c(cc3[N+](=O)[O-])OCCO4)cc2s1. The van der Waals surface area contributed by atoms with Crippen molar-refractivity contribution in [2.45, 2.75) is 6.92 Å². The van der Waals surface area contributed by atoms with E-state index in [1.807, 2.05) is 6.92 Å². The molecule has 0 radical (unpaired) electrons. The molecule has 9 heteroatoms. The minimum atomic E-state index is -0.608. The maximum Gasteiger partial charge on any atom is 0.286 e. The Hall–Kier alpha value is -3.20. The summed E-state index contributed by atoms with van der Waals surface area (Å²) >= 11 is 1.51. The van der Waals surface area contributed by atoms with E-state index in [2.05, 4.69) is 10.3 Å². The molecule has 1 amide bonds. The van der Waals surface area contributed by atoms with E-state index in [0.717, 1.165) is 15.2 Å². The van der Waals surface area contributed by atoms with Gasteiger partial charge in [0.15, 0.2) is 11.5 Å². The normalized spacial score (nSPS) is 12.8. The number of nitro groups is 1. The van der Waals surface area contributed by atoms with Crippen LogP contribution in [0.4, 0.5) is 11.4 Å². The number of thiazole rings is 1. The number of carbonyl (C=O) groups excluding carboxylic acids is 1. The molecule has 4 rings (SSSR count). The Bertz CT molecular complexity index is 1050. The third-order valence-corrected chi connectivity index (χ3v) is 4.79. The number of rotatable bonds is 3. The molecule has 1 aliphatic heterocycles. The van der Waals surface area contributed by atoms with E-state index in [-0.39, 0.29) is 17.0 Å². The summed E-state index contributed by atoms with van der Waals surface area (Å²) in [5.74, 6) is -0.00384. The van der Waals surface area contributed by atoms with Gasteiger partial charge in [-0.15, -0.1) is 11.3 Å². The highest BCUT2D eigenvalue weighted by molar-refractivity contribution is 7.18. The molecule has 1 aliphatic rings. The standard InChI is InChI=1S/C17H13N3O5S/c1-9-18-12-3-2-10(6-16(12)26-9)19-17(21)11-7-14-15(25-5-4-24-14)8-13(11)20(22)23/h2-3,6-8H,4-5H2,1H3,(H,19,21). The number of ether oxygens (including phenoxy) is 2. The summed E-state index contributed by atoms with van der Waals surface area (Å²) in [6.07, 6.45) is 0. The maximum absolute atomic E-state index is 12.6. The maximum atomic E-state index is 12.6. The van der Waals surface area contributed by atoms with Gasteiger partial charge in [0.2, 0.25) is 0 Å². The Labute approximate surface area is 151 Å². The zero-order valence-corrected chi connectivity index (χ0v) is 14.5. The molecule has 0 fully saturated rings. The van der Waals surface area contributed by atoms with Crippen molar-refractivity contribution in [3.8, 4) is 11.5 Å². The summed E-state index contributed by atoms with van der Waals surface area (Å²) in [7, 11) is 0. The zero-order chi connectivity index (χ0) is 18.3. The van der Waals surface area contributed by atoms with Crippen molar-refractivity contribution in [1.29, 1.82) is 0 Å². The van der Waals surface area contributed by atoms with Crippen molar-refractivity contribution in [2.24, 2.45) is 0 Å². The summed E-state index contributed by atoms with van der Waals surface area (Å²) in [5.41, 5.74) is 0.965. The molecule has 0 unspecified atom stereocenters. The van der Waals surface area contributed by atoms with Crippen molar-refractivity contribution in [2.75, 3.05) is 18.5 Å². The lowest BCUT2D eigenvalue weighted by atomic mass is 10.1. The molecule has 0 saturated carbocycles. The van der Waals surface area contributed by atoms with Crippen molar-refractivity contribution in [3.05, 3.63) is 51.0 Å². The van der Waals surface area contributed by atoms with Crippen LogP contribution in [-0.2, 0) is 0 Å². The summed E-state index contributed by atoms with van der Waals surface area (Å²) in [6.45, 7) is 2.54. The lowest BCUT2D eigenvalue weighted by Crippen LogP contribution is -2.18. The van der Waals surface area contributed by atoms with Gasteiger partial charge in [0.05, 0.1) is 26.2 Å². The minimum absolute atomic E-state index is 0.0835. The largest absolute Gasteiger partial charge is 0.486 e. The second kappa shape index (κ2) is 6.26. The van der Waals surface area contributed by atoms with E-state index >= 15 is 0 Å².